The highest BCUT2D eigenvalue weighted by molar-refractivity contribution is 5.86. The third-order valence-corrected chi connectivity index (χ3v) is 2.26. The molecule has 80 valence electrons. The Morgan fingerprint density at radius 1 is 1.40 bits per heavy atom. The number of H-pyrrole nitrogens is 1. The highest BCUT2D eigenvalue weighted by Crippen LogP contribution is 2.26. The molecule has 3 nitrogen and oxygen atoms in total. The van der Waals surface area contributed by atoms with Crippen molar-refractivity contribution in [2.45, 2.75) is 26.5 Å². The van der Waals surface area contributed by atoms with Gasteiger partial charge in [-0.25, -0.2) is 0 Å². The number of fused-ring (bicyclic) bond motifs is 1. The lowest BCUT2D eigenvalue weighted by Crippen LogP contribution is -2.05. The van der Waals surface area contributed by atoms with E-state index in [1.54, 1.807) is 0 Å². The van der Waals surface area contributed by atoms with Crippen LogP contribution in [0, 0.1) is 0 Å². The molecule has 0 unspecified atom stereocenters. The predicted octanol–water partition coefficient (Wildman–Crippen LogP) is 2.41. The first-order chi connectivity index (χ1) is 7.20. The Hall–Kier alpha value is -1.48. The Balaban J connectivity index is 2.49. The van der Waals surface area contributed by atoms with Gasteiger partial charge in [0.05, 0.1) is 6.10 Å². The van der Waals surface area contributed by atoms with Crippen LogP contribution in [0.3, 0.4) is 0 Å². The van der Waals surface area contributed by atoms with Crippen molar-refractivity contribution in [3.8, 4) is 5.75 Å². The molecule has 0 aliphatic rings. The van der Waals surface area contributed by atoms with Crippen molar-refractivity contribution >= 4 is 10.9 Å². The van der Waals surface area contributed by atoms with Gasteiger partial charge in [-0.2, -0.15) is 0 Å². The van der Waals surface area contributed by atoms with E-state index in [-0.39, 0.29) is 6.10 Å². The highest BCUT2D eigenvalue weighted by atomic mass is 16.5. The summed E-state index contributed by atoms with van der Waals surface area (Å²) in [4.78, 5) is 3.25. The van der Waals surface area contributed by atoms with Crippen LogP contribution in [0.4, 0.5) is 0 Å². The largest absolute Gasteiger partial charge is 0.490 e. The summed E-state index contributed by atoms with van der Waals surface area (Å²) in [6.07, 6.45) is 0.187. The summed E-state index contributed by atoms with van der Waals surface area (Å²) in [5.41, 5.74) is 7.70. The van der Waals surface area contributed by atoms with E-state index in [4.69, 9.17) is 10.5 Å². The van der Waals surface area contributed by atoms with Gasteiger partial charge in [0.2, 0.25) is 0 Å². The molecule has 0 amide bonds. The number of ether oxygens (including phenoxy) is 1. The third kappa shape index (κ3) is 1.97. The second-order valence-corrected chi connectivity index (χ2v) is 3.88. The minimum Gasteiger partial charge on any atom is -0.490 e. The minimum atomic E-state index is 0.187. The van der Waals surface area contributed by atoms with Crippen LogP contribution in [0.25, 0.3) is 10.9 Å². The molecule has 15 heavy (non-hydrogen) atoms. The van der Waals surface area contributed by atoms with Crippen LogP contribution in [-0.4, -0.2) is 11.1 Å². The summed E-state index contributed by atoms with van der Waals surface area (Å²) in [5, 5.41) is 1.10. The maximum atomic E-state index is 5.72. The molecular formula is C12H16N2O. The normalized spacial score (nSPS) is 11.2. The van der Waals surface area contributed by atoms with E-state index in [0.29, 0.717) is 6.54 Å². The second kappa shape index (κ2) is 3.95. The van der Waals surface area contributed by atoms with E-state index in [2.05, 4.69) is 4.98 Å². The molecule has 3 N–H and O–H groups in total. The van der Waals surface area contributed by atoms with Crippen molar-refractivity contribution in [1.29, 1.82) is 0 Å². The Bertz CT molecular complexity index is 460. The van der Waals surface area contributed by atoms with Crippen molar-refractivity contribution < 1.29 is 4.74 Å². The van der Waals surface area contributed by atoms with Crippen molar-refractivity contribution in [3.63, 3.8) is 0 Å². The number of nitrogens with one attached hydrogen (secondary N) is 1. The smallest absolute Gasteiger partial charge is 0.129 e. The fraction of sp³-hybridized carbons (Fsp3) is 0.333. The first-order valence-electron chi connectivity index (χ1n) is 5.18. The first-order valence-corrected chi connectivity index (χ1v) is 5.18. The van der Waals surface area contributed by atoms with Crippen LogP contribution in [0.1, 0.15) is 19.5 Å². The van der Waals surface area contributed by atoms with E-state index in [9.17, 15) is 0 Å². The molecule has 3 heteroatoms. The summed E-state index contributed by atoms with van der Waals surface area (Å²) in [6, 6.07) is 8.04. The van der Waals surface area contributed by atoms with Crippen LogP contribution < -0.4 is 10.5 Å². The van der Waals surface area contributed by atoms with Gasteiger partial charge in [0, 0.05) is 23.1 Å². The Kier molecular flexibility index (Phi) is 2.64. The third-order valence-electron chi connectivity index (χ3n) is 2.26. The van der Waals surface area contributed by atoms with Gasteiger partial charge in [0.15, 0.2) is 0 Å². The number of aromatic nitrogens is 1. The highest BCUT2D eigenvalue weighted by Gasteiger charge is 2.06. The van der Waals surface area contributed by atoms with Crippen LogP contribution >= 0.6 is 0 Å². The van der Waals surface area contributed by atoms with E-state index >= 15 is 0 Å². The summed E-state index contributed by atoms with van der Waals surface area (Å²) < 4.78 is 5.72. The zero-order valence-corrected chi connectivity index (χ0v) is 9.08. The summed E-state index contributed by atoms with van der Waals surface area (Å²) in [7, 11) is 0. The summed E-state index contributed by atoms with van der Waals surface area (Å²) in [5.74, 6) is 0.915. The topological polar surface area (TPSA) is 51.0 Å². The number of hydrogen-bond acceptors (Lipinski definition) is 2. The Labute approximate surface area is 89.2 Å². The van der Waals surface area contributed by atoms with Gasteiger partial charge in [0.1, 0.15) is 5.75 Å². The fourth-order valence-electron chi connectivity index (χ4n) is 1.65. The molecule has 0 fully saturated rings. The minimum absolute atomic E-state index is 0.187. The Morgan fingerprint density at radius 2 is 2.20 bits per heavy atom. The zero-order valence-electron chi connectivity index (χ0n) is 9.08. The van der Waals surface area contributed by atoms with Gasteiger partial charge in [0.25, 0.3) is 0 Å². The molecule has 0 saturated carbocycles. The van der Waals surface area contributed by atoms with Gasteiger partial charge in [-0.05, 0) is 32.0 Å². The number of aromatic amines is 1. The van der Waals surface area contributed by atoms with Crippen LogP contribution in [0.2, 0.25) is 0 Å². The van der Waals surface area contributed by atoms with E-state index < -0.39 is 0 Å². The van der Waals surface area contributed by atoms with Crippen LogP contribution in [-0.2, 0) is 6.54 Å². The lowest BCUT2D eigenvalue weighted by molar-refractivity contribution is 0.245. The molecule has 0 radical (unpaired) electrons. The van der Waals surface area contributed by atoms with E-state index in [1.807, 2.05) is 38.1 Å². The number of hydrogen-bond donors (Lipinski definition) is 2. The molecule has 1 aromatic heterocycles. The van der Waals surface area contributed by atoms with Crippen molar-refractivity contribution in [1.82, 2.24) is 4.98 Å². The maximum Gasteiger partial charge on any atom is 0.129 e. The average molecular weight is 204 g/mol. The molecule has 0 saturated heterocycles. The summed E-state index contributed by atoms with van der Waals surface area (Å²) in [6.45, 7) is 4.57. The average Bonchev–Trinajstić information content (AvgIpc) is 2.61. The monoisotopic (exact) mass is 204 g/mol. The predicted molar refractivity (Wildman–Crippen MR) is 62.0 cm³/mol. The number of benzene rings is 1. The van der Waals surface area contributed by atoms with Gasteiger partial charge in [-0.1, -0.05) is 6.07 Å². The molecule has 0 aliphatic carbocycles. The standard InChI is InChI=1S/C12H16N2O/c1-8(2)15-12-5-3-4-11-10(12)6-9(7-13)14-11/h3-6,8,14H,7,13H2,1-2H3. The zero-order chi connectivity index (χ0) is 10.8. The van der Waals surface area contributed by atoms with E-state index in [0.717, 1.165) is 22.3 Å². The number of nitrogens with two attached hydrogens (primary N) is 1. The molecule has 1 aromatic carbocycles. The molecule has 0 spiro atoms. The Morgan fingerprint density at radius 3 is 2.87 bits per heavy atom. The number of rotatable bonds is 3. The maximum absolute atomic E-state index is 5.72. The summed E-state index contributed by atoms with van der Waals surface area (Å²) >= 11 is 0. The molecular weight excluding hydrogens is 188 g/mol. The fourth-order valence-corrected chi connectivity index (χ4v) is 1.65. The molecule has 0 atom stereocenters. The first kappa shape index (κ1) is 10.1. The SMILES string of the molecule is CC(C)Oc1cccc2[nH]c(CN)cc12. The lowest BCUT2D eigenvalue weighted by Gasteiger charge is -2.10. The van der Waals surface area contributed by atoms with Crippen LogP contribution in [0.5, 0.6) is 5.75 Å². The molecule has 1 heterocycles. The van der Waals surface area contributed by atoms with Gasteiger partial charge in [-0.15, -0.1) is 0 Å². The van der Waals surface area contributed by atoms with Crippen molar-refractivity contribution in [3.05, 3.63) is 30.0 Å². The van der Waals surface area contributed by atoms with Gasteiger partial charge in [-0.3, -0.25) is 0 Å². The van der Waals surface area contributed by atoms with Crippen LogP contribution in [0.15, 0.2) is 24.3 Å². The molecule has 0 aliphatic heterocycles. The molecule has 2 rings (SSSR count). The quantitative estimate of drug-likeness (QED) is 0.806. The van der Waals surface area contributed by atoms with Crippen molar-refractivity contribution in [2.75, 3.05) is 0 Å². The molecule has 0 bridgehead atoms. The van der Waals surface area contributed by atoms with E-state index in [1.165, 1.54) is 0 Å². The van der Waals surface area contributed by atoms with Gasteiger partial charge < -0.3 is 15.5 Å². The van der Waals surface area contributed by atoms with Gasteiger partial charge >= 0.3 is 0 Å². The lowest BCUT2D eigenvalue weighted by atomic mass is 10.2. The second-order valence-electron chi connectivity index (χ2n) is 3.88. The molecule has 2 aromatic rings. The van der Waals surface area contributed by atoms with Crippen molar-refractivity contribution in [2.24, 2.45) is 5.73 Å².